The summed E-state index contributed by atoms with van der Waals surface area (Å²) < 4.78 is 63.7. The van der Waals surface area contributed by atoms with Crippen LogP contribution in [0.2, 0.25) is 5.02 Å². The fraction of sp³-hybridized carbons (Fsp3) is 0.133. The van der Waals surface area contributed by atoms with Crippen molar-refractivity contribution < 1.29 is 26.7 Å². The van der Waals surface area contributed by atoms with Gasteiger partial charge >= 0.3 is 6.18 Å². The van der Waals surface area contributed by atoms with Gasteiger partial charge in [0.05, 0.1) is 22.8 Å². The third-order valence-corrected chi connectivity index (χ3v) is 3.27. The molecule has 0 radical (unpaired) electrons. The van der Waals surface area contributed by atoms with Crippen molar-refractivity contribution in [2.45, 2.75) is 6.18 Å². The van der Waals surface area contributed by atoms with Crippen molar-refractivity contribution in [1.29, 1.82) is 0 Å². The number of hydrogen-bond acceptors (Lipinski definition) is 2. The monoisotopic (exact) mass is 364 g/mol. The maximum atomic E-state index is 13.0. The van der Waals surface area contributed by atoms with E-state index in [-0.39, 0.29) is 22.9 Å². The maximum absolute atomic E-state index is 13.0. The molecule has 1 amide bonds. The van der Waals surface area contributed by atoms with E-state index in [9.17, 15) is 26.7 Å². The van der Waals surface area contributed by atoms with E-state index in [1.54, 1.807) is 0 Å². The highest BCUT2D eigenvalue weighted by Gasteiger charge is 2.31. The predicted octanol–water partition coefficient (Wildman–Crippen LogP) is 4.69. The smallest absolute Gasteiger partial charge is 0.376 e. The minimum Gasteiger partial charge on any atom is -0.376 e. The first-order valence-electron chi connectivity index (χ1n) is 6.52. The number of benzene rings is 2. The van der Waals surface area contributed by atoms with Gasteiger partial charge in [-0.25, -0.2) is 8.78 Å². The molecule has 2 aromatic carbocycles. The molecule has 0 saturated heterocycles. The molecule has 0 aliphatic rings. The van der Waals surface area contributed by atoms with E-state index < -0.39 is 29.3 Å². The Bertz CT molecular complexity index is 764. The van der Waals surface area contributed by atoms with Crippen molar-refractivity contribution in [2.24, 2.45) is 0 Å². The Balaban J connectivity index is 2.03. The van der Waals surface area contributed by atoms with Gasteiger partial charge in [-0.1, -0.05) is 11.6 Å². The first-order valence-corrected chi connectivity index (χ1v) is 6.90. The van der Waals surface area contributed by atoms with Gasteiger partial charge in [0.15, 0.2) is 11.6 Å². The lowest BCUT2D eigenvalue weighted by Gasteiger charge is -2.12. The molecule has 9 heteroatoms. The molecule has 0 bridgehead atoms. The topological polar surface area (TPSA) is 41.1 Å². The summed E-state index contributed by atoms with van der Waals surface area (Å²) in [5, 5.41) is 4.67. The summed E-state index contributed by atoms with van der Waals surface area (Å²) >= 11 is 5.75. The molecule has 128 valence electrons. The number of alkyl halides is 3. The van der Waals surface area contributed by atoms with E-state index in [2.05, 4.69) is 10.6 Å². The second-order valence-corrected chi connectivity index (χ2v) is 5.13. The normalized spacial score (nSPS) is 11.2. The SMILES string of the molecule is O=C(CNc1ccc(F)c(F)c1)Nc1cc(C(F)(F)F)ccc1Cl. The number of hydrogen-bond donors (Lipinski definition) is 2. The van der Waals surface area contributed by atoms with Gasteiger partial charge < -0.3 is 10.6 Å². The Hall–Kier alpha value is -2.35. The predicted molar refractivity (Wildman–Crippen MR) is 79.9 cm³/mol. The molecule has 0 fully saturated rings. The Labute approximate surface area is 138 Å². The summed E-state index contributed by atoms with van der Waals surface area (Å²) in [7, 11) is 0. The number of carbonyl (C=O) groups is 1. The Morgan fingerprint density at radius 3 is 2.38 bits per heavy atom. The lowest BCUT2D eigenvalue weighted by molar-refractivity contribution is -0.137. The van der Waals surface area contributed by atoms with Gasteiger partial charge in [-0.3, -0.25) is 4.79 Å². The van der Waals surface area contributed by atoms with Crippen molar-refractivity contribution in [2.75, 3.05) is 17.2 Å². The van der Waals surface area contributed by atoms with Crippen LogP contribution in [0.15, 0.2) is 36.4 Å². The number of halogens is 6. The lowest BCUT2D eigenvalue weighted by atomic mass is 10.2. The molecule has 0 saturated carbocycles. The average molecular weight is 365 g/mol. The van der Waals surface area contributed by atoms with E-state index in [1.807, 2.05) is 0 Å². The van der Waals surface area contributed by atoms with Crippen LogP contribution in [0.25, 0.3) is 0 Å². The first kappa shape index (κ1) is 18.0. The van der Waals surface area contributed by atoms with Gasteiger partial charge in [-0.15, -0.1) is 0 Å². The highest BCUT2D eigenvalue weighted by Crippen LogP contribution is 2.33. The van der Waals surface area contributed by atoms with E-state index in [4.69, 9.17) is 11.6 Å². The van der Waals surface area contributed by atoms with Crippen LogP contribution in [0.5, 0.6) is 0 Å². The number of carbonyl (C=O) groups excluding carboxylic acids is 1. The summed E-state index contributed by atoms with van der Waals surface area (Å²) in [6.45, 7) is -0.377. The van der Waals surface area contributed by atoms with Crippen LogP contribution in [0.3, 0.4) is 0 Å². The number of rotatable bonds is 4. The van der Waals surface area contributed by atoms with Crippen LogP contribution in [0.1, 0.15) is 5.56 Å². The summed E-state index contributed by atoms with van der Waals surface area (Å²) in [5.41, 5.74) is -1.03. The summed E-state index contributed by atoms with van der Waals surface area (Å²) in [4.78, 5) is 11.8. The van der Waals surface area contributed by atoms with E-state index >= 15 is 0 Å². The summed E-state index contributed by atoms with van der Waals surface area (Å²) in [6.07, 6.45) is -4.58. The van der Waals surface area contributed by atoms with Gasteiger partial charge in [-0.2, -0.15) is 13.2 Å². The van der Waals surface area contributed by atoms with Gasteiger partial charge in [0.2, 0.25) is 5.91 Å². The van der Waals surface area contributed by atoms with Crippen LogP contribution >= 0.6 is 11.6 Å². The van der Waals surface area contributed by atoms with E-state index in [0.29, 0.717) is 6.07 Å². The van der Waals surface area contributed by atoms with Crippen LogP contribution in [0, 0.1) is 11.6 Å². The number of amides is 1. The molecule has 0 aliphatic heterocycles. The first-order chi connectivity index (χ1) is 11.2. The van der Waals surface area contributed by atoms with Crippen LogP contribution < -0.4 is 10.6 Å². The molecule has 0 spiro atoms. The third kappa shape index (κ3) is 4.58. The highest BCUT2D eigenvalue weighted by molar-refractivity contribution is 6.33. The van der Waals surface area contributed by atoms with Crippen LogP contribution in [-0.4, -0.2) is 12.5 Å². The lowest BCUT2D eigenvalue weighted by Crippen LogP contribution is -2.22. The highest BCUT2D eigenvalue weighted by atomic mass is 35.5. The molecule has 0 heterocycles. The molecule has 2 rings (SSSR count). The zero-order chi connectivity index (χ0) is 17.9. The average Bonchev–Trinajstić information content (AvgIpc) is 2.49. The molecule has 0 aromatic heterocycles. The number of nitrogens with one attached hydrogen (secondary N) is 2. The summed E-state index contributed by atoms with van der Waals surface area (Å²) in [6, 6.07) is 5.44. The molecule has 2 aromatic rings. The molecule has 0 atom stereocenters. The van der Waals surface area contributed by atoms with E-state index in [0.717, 1.165) is 24.3 Å². The molecule has 2 N–H and O–H groups in total. The quantitative estimate of drug-likeness (QED) is 0.773. The van der Waals surface area contributed by atoms with Crippen LogP contribution in [-0.2, 0) is 11.0 Å². The minimum absolute atomic E-state index is 0.0656. The fourth-order valence-corrected chi connectivity index (χ4v) is 1.95. The molecule has 3 nitrogen and oxygen atoms in total. The minimum atomic E-state index is -4.58. The second-order valence-electron chi connectivity index (χ2n) is 4.72. The Morgan fingerprint density at radius 1 is 1.04 bits per heavy atom. The van der Waals surface area contributed by atoms with Crippen LogP contribution in [0.4, 0.5) is 33.3 Å². The zero-order valence-corrected chi connectivity index (χ0v) is 12.6. The molecular formula is C15H10ClF5N2O. The van der Waals surface area contributed by atoms with Gasteiger partial charge in [0.1, 0.15) is 0 Å². The molecule has 24 heavy (non-hydrogen) atoms. The largest absolute Gasteiger partial charge is 0.416 e. The fourth-order valence-electron chi connectivity index (χ4n) is 1.78. The van der Waals surface area contributed by atoms with Gasteiger partial charge in [0, 0.05) is 11.8 Å². The van der Waals surface area contributed by atoms with Gasteiger partial charge in [-0.05, 0) is 30.3 Å². The Kier molecular flexibility index (Phi) is 5.28. The molecular weight excluding hydrogens is 355 g/mol. The second kappa shape index (κ2) is 7.04. The zero-order valence-electron chi connectivity index (χ0n) is 11.8. The van der Waals surface area contributed by atoms with Crippen molar-refractivity contribution >= 4 is 28.9 Å². The van der Waals surface area contributed by atoms with Crippen molar-refractivity contribution in [1.82, 2.24) is 0 Å². The maximum Gasteiger partial charge on any atom is 0.416 e. The van der Waals surface area contributed by atoms with Gasteiger partial charge in [0.25, 0.3) is 0 Å². The Morgan fingerprint density at radius 2 is 1.75 bits per heavy atom. The molecule has 0 unspecified atom stereocenters. The van der Waals surface area contributed by atoms with E-state index in [1.165, 1.54) is 6.07 Å². The van der Waals surface area contributed by atoms with Crippen molar-refractivity contribution in [3.05, 3.63) is 58.6 Å². The van der Waals surface area contributed by atoms with Crippen molar-refractivity contribution in [3.8, 4) is 0 Å². The standard InChI is InChI=1S/C15H10ClF5N2O/c16-10-3-1-8(15(19,20)21)5-13(10)23-14(24)7-22-9-2-4-11(17)12(18)6-9/h1-6,22H,7H2,(H,23,24). The third-order valence-electron chi connectivity index (χ3n) is 2.94. The van der Waals surface area contributed by atoms with Crippen molar-refractivity contribution in [3.63, 3.8) is 0 Å². The summed E-state index contributed by atoms with van der Waals surface area (Å²) in [5.74, 6) is -2.84. The number of anilines is 2. The molecule has 0 aliphatic carbocycles.